The van der Waals surface area contributed by atoms with Gasteiger partial charge in [-0.25, -0.2) is 0 Å². The first kappa shape index (κ1) is 15.3. The molecule has 1 aromatic carbocycles. The molecular weight excluding hydrogens is 269 g/mol. The fourth-order valence-corrected chi connectivity index (χ4v) is 2.41. The van der Waals surface area contributed by atoms with Crippen LogP contribution in [0.25, 0.3) is 0 Å². The molecule has 0 amide bonds. The number of β-amino-alcohol motifs (C(OH)–C–C–N with tert-alkyl or cyclic N) is 1. The lowest BCUT2D eigenvalue weighted by molar-refractivity contribution is -0.149. The van der Waals surface area contributed by atoms with E-state index in [0.717, 1.165) is 5.56 Å². The van der Waals surface area contributed by atoms with Gasteiger partial charge in [0, 0.05) is 32.7 Å². The van der Waals surface area contributed by atoms with Gasteiger partial charge in [-0.3, -0.25) is 9.80 Å². The number of rotatable bonds is 4. The van der Waals surface area contributed by atoms with Crippen molar-refractivity contribution >= 4 is 0 Å². The van der Waals surface area contributed by atoms with Gasteiger partial charge in [-0.05, 0) is 5.56 Å². The van der Waals surface area contributed by atoms with E-state index in [1.165, 1.54) is 4.90 Å². The quantitative estimate of drug-likeness (QED) is 0.916. The first-order chi connectivity index (χ1) is 9.44. The van der Waals surface area contributed by atoms with Crippen molar-refractivity contribution in [1.82, 2.24) is 9.80 Å². The summed E-state index contributed by atoms with van der Waals surface area (Å²) in [6.45, 7) is 1.51. The summed E-state index contributed by atoms with van der Waals surface area (Å²) >= 11 is 0. The van der Waals surface area contributed by atoms with Crippen LogP contribution in [-0.2, 0) is 0 Å². The Morgan fingerprint density at radius 2 is 1.55 bits per heavy atom. The maximum atomic E-state index is 12.3. The van der Waals surface area contributed by atoms with Crippen molar-refractivity contribution in [3.8, 4) is 0 Å². The molecule has 1 aliphatic rings. The number of halogens is 3. The normalized spacial score (nSPS) is 20.0. The Kier molecular flexibility index (Phi) is 5.01. The van der Waals surface area contributed by atoms with Gasteiger partial charge < -0.3 is 5.11 Å². The van der Waals surface area contributed by atoms with Crippen molar-refractivity contribution in [3.63, 3.8) is 0 Å². The van der Waals surface area contributed by atoms with Gasteiger partial charge in [0.2, 0.25) is 0 Å². The van der Waals surface area contributed by atoms with E-state index in [1.54, 1.807) is 0 Å². The zero-order valence-corrected chi connectivity index (χ0v) is 11.2. The first-order valence-electron chi connectivity index (χ1n) is 6.68. The van der Waals surface area contributed by atoms with Crippen LogP contribution in [0.1, 0.15) is 11.7 Å². The van der Waals surface area contributed by atoms with Crippen LogP contribution in [-0.4, -0.2) is 60.4 Å². The number of aliphatic hydroxyl groups is 1. The summed E-state index contributed by atoms with van der Waals surface area (Å²) in [6.07, 6.45) is -4.73. The van der Waals surface area contributed by atoms with Gasteiger partial charge in [-0.1, -0.05) is 30.3 Å². The molecule has 20 heavy (non-hydrogen) atoms. The molecule has 112 valence electrons. The van der Waals surface area contributed by atoms with Gasteiger partial charge in [0.25, 0.3) is 0 Å². The van der Waals surface area contributed by atoms with Crippen molar-refractivity contribution in [2.45, 2.75) is 12.3 Å². The molecule has 2 rings (SSSR count). The molecule has 1 saturated heterocycles. The molecule has 0 radical (unpaired) electrons. The van der Waals surface area contributed by atoms with E-state index in [2.05, 4.69) is 0 Å². The molecule has 0 bridgehead atoms. The van der Waals surface area contributed by atoms with Crippen LogP contribution in [0.5, 0.6) is 0 Å². The molecule has 0 aromatic heterocycles. The van der Waals surface area contributed by atoms with Gasteiger partial charge in [0.1, 0.15) is 0 Å². The monoisotopic (exact) mass is 288 g/mol. The van der Waals surface area contributed by atoms with E-state index in [1.807, 2.05) is 35.2 Å². The Morgan fingerprint density at radius 3 is 2.10 bits per heavy atom. The average Bonchev–Trinajstić information content (AvgIpc) is 2.40. The highest BCUT2D eigenvalue weighted by molar-refractivity contribution is 5.17. The molecule has 1 aromatic rings. The fourth-order valence-electron chi connectivity index (χ4n) is 2.41. The smallest absolute Gasteiger partial charge is 0.387 e. The SMILES string of the molecule is O[C@H](CN1CCN(CC(F)(F)F)CC1)c1ccccc1. The largest absolute Gasteiger partial charge is 0.401 e. The molecule has 1 fully saturated rings. The number of alkyl halides is 3. The molecule has 1 N–H and O–H groups in total. The fraction of sp³-hybridized carbons (Fsp3) is 0.571. The highest BCUT2D eigenvalue weighted by atomic mass is 19.4. The third-order valence-corrected chi connectivity index (χ3v) is 3.48. The van der Waals surface area contributed by atoms with Crippen molar-refractivity contribution < 1.29 is 18.3 Å². The number of aliphatic hydroxyl groups excluding tert-OH is 1. The Morgan fingerprint density at radius 1 is 1.00 bits per heavy atom. The van der Waals surface area contributed by atoms with Crippen LogP contribution in [0.4, 0.5) is 13.2 Å². The highest BCUT2D eigenvalue weighted by Gasteiger charge is 2.32. The van der Waals surface area contributed by atoms with Gasteiger partial charge in [0.15, 0.2) is 0 Å². The Labute approximate surface area is 116 Å². The summed E-state index contributed by atoms with van der Waals surface area (Å²) in [5.41, 5.74) is 0.838. The first-order valence-corrected chi connectivity index (χ1v) is 6.68. The maximum absolute atomic E-state index is 12.3. The van der Waals surface area contributed by atoms with Gasteiger partial charge in [-0.2, -0.15) is 13.2 Å². The zero-order valence-electron chi connectivity index (χ0n) is 11.2. The van der Waals surface area contributed by atoms with Crippen molar-refractivity contribution in [3.05, 3.63) is 35.9 Å². The zero-order chi connectivity index (χ0) is 14.6. The van der Waals surface area contributed by atoms with E-state index in [9.17, 15) is 18.3 Å². The van der Waals surface area contributed by atoms with Crippen LogP contribution >= 0.6 is 0 Å². The summed E-state index contributed by atoms with van der Waals surface area (Å²) in [5.74, 6) is 0. The topological polar surface area (TPSA) is 26.7 Å². The molecule has 3 nitrogen and oxygen atoms in total. The molecule has 1 heterocycles. The minimum Gasteiger partial charge on any atom is -0.387 e. The molecule has 0 saturated carbocycles. The van der Waals surface area contributed by atoms with Gasteiger partial charge >= 0.3 is 6.18 Å². The predicted molar refractivity (Wildman–Crippen MR) is 70.3 cm³/mol. The number of piperazine rings is 1. The second kappa shape index (κ2) is 6.56. The predicted octanol–water partition coefficient (Wildman–Crippen LogP) is 1.90. The van der Waals surface area contributed by atoms with Crippen LogP contribution in [0.15, 0.2) is 30.3 Å². The lowest BCUT2D eigenvalue weighted by Gasteiger charge is -2.35. The molecule has 1 atom stereocenters. The Bertz CT molecular complexity index is 403. The number of benzene rings is 1. The molecule has 6 heteroatoms. The molecule has 1 aliphatic heterocycles. The maximum Gasteiger partial charge on any atom is 0.401 e. The Hall–Kier alpha value is -1.11. The third-order valence-electron chi connectivity index (χ3n) is 3.48. The van der Waals surface area contributed by atoms with Crippen molar-refractivity contribution in [1.29, 1.82) is 0 Å². The van der Waals surface area contributed by atoms with E-state index < -0.39 is 18.8 Å². The van der Waals surface area contributed by atoms with Crippen molar-refractivity contribution in [2.75, 3.05) is 39.3 Å². The van der Waals surface area contributed by atoms with Crippen LogP contribution in [0, 0.1) is 0 Å². The molecular formula is C14H19F3N2O. The van der Waals surface area contributed by atoms with E-state index in [0.29, 0.717) is 32.7 Å². The summed E-state index contributed by atoms with van der Waals surface area (Å²) in [7, 11) is 0. The average molecular weight is 288 g/mol. The van der Waals surface area contributed by atoms with Crippen LogP contribution in [0.2, 0.25) is 0 Å². The minimum absolute atomic E-state index is 0.390. The van der Waals surface area contributed by atoms with E-state index in [4.69, 9.17) is 0 Å². The minimum atomic E-state index is -4.13. The summed E-state index contributed by atoms with van der Waals surface area (Å²) in [5, 5.41) is 10.1. The number of hydrogen-bond acceptors (Lipinski definition) is 3. The number of hydrogen-bond donors (Lipinski definition) is 1. The van der Waals surface area contributed by atoms with E-state index >= 15 is 0 Å². The highest BCUT2D eigenvalue weighted by Crippen LogP contribution is 2.19. The Balaban J connectivity index is 1.77. The molecule has 0 aliphatic carbocycles. The lowest BCUT2D eigenvalue weighted by Crippen LogP contribution is -2.49. The second-order valence-corrected chi connectivity index (χ2v) is 5.12. The lowest BCUT2D eigenvalue weighted by atomic mass is 10.1. The summed E-state index contributed by atoms with van der Waals surface area (Å²) in [4.78, 5) is 3.41. The standard InChI is InChI=1S/C14H19F3N2O/c15-14(16,17)11-19-8-6-18(7-9-19)10-13(20)12-4-2-1-3-5-12/h1-5,13,20H,6-11H2/t13-/m1/s1. The molecule has 0 spiro atoms. The van der Waals surface area contributed by atoms with E-state index in [-0.39, 0.29) is 0 Å². The molecule has 0 unspecified atom stereocenters. The third kappa shape index (κ3) is 4.77. The van der Waals surface area contributed by atoms with Crippen LogP contribution < -0.4 is 0 Å². The number of nitrogens with zero attached hydrogens (tertiary/aromatic N) is 2. The van der Waals surface area contributed by atoms with Gasteiger partial charge in [-0.15, -0.1) is 0 Å². The van der Waals surface area contributed by atoms with Gasteiger partial charge in [0.05, 0.1) is 12.6 Å². The van der Waals surface area contributed by atoms with Crippen molar-refractivity contribution in [2.24, 2.45) is 0 Å². The summed E-state index contributed by atoms with van der Waals surface area (Å²) < 4.78 is 36.8. The van der Waals surface area contributed by atoms with Crippen LogP contribution in [0.3, 0.4) is 0 Å². The summed E-state index contributed by atoms with van der Waals surface area (Å²) in [6, 6.07) is 9.31. The second-order valence-electron chi connectivity index (χ2n) is 5.12.